The average Bonchev–Trinajstić information content (AvgIpc) is 3.15. The summed E-state index contributed by atoms with van der Waals surface area (Å²) in [5, 5.41) is 2.74. The maximum Gasteiger partial charge on any atom is 0.337 e. The van der Waals surface area contributed by atoms with E-state index in [1.165, 1.54) is 13.3 Å². The van der Waals surface area contributed by atoms with Crippen LogP contribution in [-0.2, 0) is 9.47 Å². The molecular weight excluding hydrogens is 324 g/mol. The first-order valence-corrected chi connectivity index (χ1v) is 7.86. The van der Waals surface area contributed by atoms with Crippen LogP contribution in [0, 0.1) is 0 Å². The van der Waals surface area contributed by atoms with Crippen LogP contribution in [0.4, 0.5) is 5.69 Å². The van der Waals surface area contributed by atoms with Gasteiger partial charge in [0.1, 0.15) is 6.10 Å². The fourth-order valence-electron chi connectivity index (χ4n) is 2.37. The molecule has 0 radical (unpaired) electrons. The Hall–Kier alpha value is -2.93. The van der Waals surface area contributed by atoms with E-state index in [0.29, 0.717) is 35.9 Å². The van der Waals surface area contributed by atoms with Crippen molar-refractivity contribution < 1.29 is 23.8 Å². The SMILES string of the molecule is COC(=O)c1ccc(NC(=O)c2ccc(O[C@@H]3CCOC3)nc2)cc1. The number of pyridine rings is 1. The summed E-state index contributed by atoms with van der Waals surface area (Å²) in [5.41, 5.74) is 1.40. The molecule has 1 atom stereocenters. The number of nitrogens with one attached hydrogen (secondary N) is 1. The minimum Gasteiger partial charge on any atom is -0.472 e. The zero-order chi connectivity index (χ0) is 17.6. The second-order valence-corrected chi connectivity index (χ2v) is 5.51. The molecule has 2 aromatic rings. The number of rotatable bonds is 5. The third-order valence-electron chi connectivity index (χ3n) is 3.74. The fourth-order valence-corrected chi connectivity index (χ4v) is 2.37. The van der Waals surface area contributed by atoms with Crippen LogP contribution in [0.3, 0.4) is 0 Å². The van der Waals surface area contributed by atoms with E-state index in [-0.39, 0.29) is 12.0 Å². The van der Waals surface area contributed by atoms with Gasteiger partial charge in [-0.25, -0.2) is 9.78 Å². The van der Waals surface area contributed by atoms with Crippen LogP contribution in [-0.4, -0.2) is 43.3 Å². The molecule has 1 aromatic carbocycles. The van der Waals surface area contributed by atoms with E-state index < -0.39 is 5.97 Å². The zero-order valence-corrected chi connectivity index (χ0v) is 13.7. The Kier molecular flexibility index (Phi) is 5.25. The molecule has 0 bridgehead atoms. The molecular formula is C18H18N2O5. The lowest BCUT2D eigenvalue weighted by Gasteiger charge is -2.11. The minimum atomic E-state index is -0.426. The Morgan fingerprint density at radius 3 is 2.52 bits per heavy atom. The summed E-state index contributed by atoms with van der Waals surface area (Å²) in [4.78, 5) is 27.8. The first kappa shape index (κ1) is 16.9. The van der Waals surface area contributed by atoms with Crippen molar-refractivity contribution in [2.45, 2.75) is 12.5 Å². The van der Waals surface area contributed by atoms with Gasteiger partial charge < -0.3 is 19.5 Å². The number of methoxy groups -OCH3 is 1. The lowest BCUT2D eigenvalue weighted by atomic mass is 10.2. The van der Waals surface area contributed by atoms with Gasteiger partial charge in [-0.1, -0.05) is 0 Å². The van der Waals surface area contributed by atoms with E-state index in [2.05, 4.69) is 15.0 Å². The molecule has 0 spiro atoms. The number of benzene rings is 1. The van der Waals surface area contributed by atoms with Gasteiger partial charge in [0, 0.05) is 24.4 Å². The molecule has 1 aromatic heterocycles. The van der Waals surface area contributed by atoms with Gasteiger partial charge in [-0.2, -0.15) is 0 Å². The van der Waals surface area contributed by atoms with E-state index in [4.69, 9.17) is 9.47 Å². The Morgan fingerprint density at radius 1 is 1.16 bits per heavy atom. The summed E-state index contributed by atoms with van der Waals surface area (Å²) < 4.78 is 15.5. The summed E-state index contributed by atoms with van der Waals surface area (Å²) >= 11 is 0. The summed E-state index contributed by atoms with van der Waals surface area (Å²) in [6.07, 6.45) is 2.31. The van der Waals surface area contributed by atoms with Gasteiger partial charge in [-0.3, -0.25) is 4.79 Å². The van der Waals surface area contributed by atoms with E-state index in [1.54, 1.807) is 36.4 Å². The van der Waals surface area contributed by atoms with Crippen LogP contribution < -0.4 is 10.1 Å². The van der Waals surface area contributed by atoms with Gasteiger partial charge >= 0.3 is 5.97 Å². The zero-order valence-electron chi connectivity index (χ0n) is 13.7. The van der Waals surface area contributed by atoms with Crippen molar-refractivity contribution in [2.75, 3.05) is 25.6 Å². The number of esters is 1. The molecule has 1 N–H and O–H groups in total. The number of anilines is 1. The van der Waals surface area contributed by atoms with Crippen LogP contribution in [0.1, 0.15) is 27.1 Å². The smallest absolute Gasteiger partial charge is 0.337 e. The molecule has 1 saturated heterocycles. The van der Waals surface area contributed by atoms with Crippen molar-refractivity contribution in [3.63, 3.8) is 0 Å². The van der Waals surface area contributed by atoms with Crippen molar-refractivity contribution in [1.82, 2.24) is 4.98 Å². The van der Waals surface area contributed by atoms with Gasteiger partial charge in [0.15, 0.2) is 0 Å². The molecule has 1 amide bonds. The van der Waals surface area contributed by atoms with E-state index >= 15 is 0 Å². The maximum absolute atomic E-state index is 12.2. The molecule has 0 saturated carbocycles. The highest BCUT2D eigenvalue weighted by Crippen LogP contribution is 2.16. The molecule has 1 fully saturated rings. The van der Waals surface area contributed by atoms with Crippen molar-refractivity contribution in [3.8, 4) is 5.88 Å². The average molecular weight is 342 g/mol. The summed E-state index contributed by atoms with van der Waals surface area (Å²) in [5.74, 6) is -0.256. The highest BCUT2D eigenvalue weighted by Gasteiger charge is 2.18. The predicted molar refractivity (Wildman–Crippen MR) is 89.8 cm³/mol. The predicted octanol–water partition coefficient (Wildman–Crippen LogP) is 2.29. The largest absolute Gasteiger partial charge is 0.472 e. The molecule has 2 heterocycles. The Bertz CT molecular complexity index is 737. The van der Waals surface area contributed by atoms with Crippen LogP contribution in [0.25, 0.3) is 0 Å². The maximum atomic E-state index is 12.2. The quantitative estimate of drug-likeness (QED) is 0.839. The van der Waals surface area contributed by atoms with Crippen LogP contribution in [0.5, 0.6) is 5.88 Å². The number of hydrogen-bond donors (Lipinski definition) is 1. The standard InChI is InChI=1S/C18H18N2O5/c1-23-18(22)12-2-5-14(6-3-12)20-17(21)13-4-7-16(19-10-13)25-15-8-9-24-11-15/h2-7,10,15H,8-9,11H2,1H3,(H,20,21)/t15-/m1/s1. The number of carbonyl (C=O) groups is 2. The summed E-state index contributed by atoms with van der Waals surface area (Å²) in [6, 6.07) is 9.74. The highest BCUT2D eigenvalue weighted by molar-refractivity contribution is 6.04. The van der Waals surface area contributed by atoms with Crippen LogP contribution >= 0.6 is 0 Å². The molecule has 7 nitrogen and oxygen atoms in total. The van der Waals surface area contributed by atoms with Crippen molar-refractivity contribution >= 4 is 17.6 Å². The third kappa shape index (κ3) is 4.33. The molecule has 0 aliphatic carbocycles. The summed E-state index contributed by atoms with van der Waals surface area (Å²) in [6.45, 7) is 1.26. The van der Waals surface area contributed by atoms with Gasteiger partial charge in [0.2, 0.25) is 5.88 Å². The topological polar surface area (TPSA) is 86.8 Å². The number of carbonyl (C=O) groups excluding carboxylic acids is 2. The monoisotopic (exact) mass is 342 g/mol. The Morgan fingerprint density at radius 2 is 1.92 bits per heavy atom. The second kappa shape index (κ2) is 7.76. The van der Waals surface area contributed by atoms with E-state index in [0.717, 1.165) is 6.42 Å². The number of nitrogens with zero attached hydrogens (tertiary/aromatic N) is 1. The lowest BCUT2D eigenvalue weighted by Crippen LogP contribution is -2.17. The van der Waals surface area contributed by atoms with Crippen LogP contribution in [0.15, 0.2) is 42.6 Å². The Labute approximate surface area is 144 Å². The molecule has 7 heteroatoms. The summed E-state index contributed by atoms with van der Waals surface area (Å²) in [7, 11) is 1.32. The molecule has 25 heavy (non-hydrogen) atoms. The number of ether oxygens (including phenoxy) is 3. The van der Waals surface area contributed by atoms with Gasteiger partial charge in [-0.05, 0) is 30.3 Å². The normalized spacial score (nSPS) is 16.3. The molecule has 1 aliphatic rings. The van der Waals surface area contributed by atoms with Gasteiger partial charge in [0.25, 0.3) is 5.91 Å². The van der Waals surface area contributed by atoms with Crippen molar-refractivity contribution in [3.05, 3.63) is 53.7 Å². The lowest BCUT2D eigenvalue weighted by molar-refractivity contribution is 0.0600. The van der Waals surface area contributed by atoms with Gasteiger partial charge in [0.05, 0.1) is 31.5 Å². The molecule has 130 valence electrons. The van der Waals surface area contributed by atoms with E-state index in [9.17, 15) is 9.59 Å². The third-order valence-corrected chi connectivity index (χ3v) is 3.74. The number of amides is 1. The molecule has 1 aliphatic heterocycles. The van der Waals surface area contributed by atoms with Gasteiger partial charge in [-0.15, -0.1) is 0 Å². The first-order chi connectivity index (χ1) is 12.2. The van der Waals surface area contributed by atoms with Crippen molar-refractivity contribution in [1.29, 1.82) is 0 Å². The highest BCUT2D eigenvalue weighted by atomic mass is 16.5. The van der Waals surface area contributed by atoms with Crippen molar-refractivity contribution in [2.24, 2.45) is 0 Å². The Balaban J connectivity index is 1.59. The second-order valence-electron chi connectivity index (χ2n) is 5.51. The molecule has 3 rings (SSSR count). The first-order valence-electron chi connectivity index (χ1n) is 7.86. The van der Waals surface area contributed by atoms with E-state index in [1.807, 2.05) is 0 Å². The fraction of sp³-hybridized carbons (Fsp3) is 0.278. The molecule has 0 unspecified atom stereocenters. The minimum absolute atomic E-state index is 0.0144. The van der Waals surface area contributed by atoms with Crippen LogP contribution in [0.2, 0.25) is 0 Å². The number of hydrogen-bond acceptors (Lipinski definition) is 6. The number of aromatic nitrogens is 1.